The van der Waals surface area contributed by atoms with Gasteiger partial charge in [-0.2, -0.15) is 5.10 Å². The van der Waals surface area contributed by atoms with E-state index in [-0.39, 0.29) is 5.56 Å². The number of nitrogens with one attached hydrogen (secondary N) is 1. The van der Waals surface area contributed by atoms with Crippen LogP contribution in [0.25, 0.3) is 11.1 Å². The predicted octanol–water partition coefficient (Wildman–Crippen LogP) is 2.40. The monoisotopic (exact) mass is 220 g/mol. The summed E-state index contributed by atoms with van der Waals surface area (Å²) in [6, 6.07) is 8.96. The summed E-state index contributed by atoms with van der Waals surface area (Å²) in [6.07, 6.45) is 0. The highest BCUT2D eigenvalue weighted by Gasteiger charge is 2.07. The zero-order valence-electron chi connectivity index (χ0n) is 8.12. The van der Waals surface area contributed by atoms with E-state index < -0.39 is 0 Å². The van der Waals surface area contributed by atoms with Crippen molar-refractivity contribution in [1.29, 1.82) is 0 Å². The van der Waals surface area contributed by atoms with Crippen LogP contribution in [-0.4, -0.2) is 10.2 Å². The van der Waals surface area contributed by atoms with Crippen LogP contribution in [0.1, 0.15) is 5.69 Å². The SMILES string of the molecule is Cc1cc(-c2ccccc2Cl)c(=O)[nH]n1. The summed E-state index contributed by atoms with van der Waals surface area (Å²) in [4.78, 5) is 11.5. The Labute approximate surface area is 91.7 Å². The maximum Gasteiger partial charge on any atom is 0.272 e. The molecule has 15 heavy (non-hydrogen) atoms. The number of rotatable bonds is 1. The minimum absolute atomic E-state index is 0.228. The van der Waals surface area contributed by atoms with Crippen LogP contribution in [-0.2, 0) is 0 Å². The molecule has 0 aliphatic heterocycles. The standard InChI is InChI=1S/C11H9ClN2O/c1-7-6-9(11(15)14-13-7)8-4-2-3-5-10(8)12/h2-6H,1H3,(H,14,15). The molecule has 4 heteroatoms. The number of aromatic nitrogens is 2. The van der Waals surface area contributed by atoms with Gasteiger partial charge in [-0.1, -0.05) is 29.8 Å². The molecule has 0 radical (unpaired) electrons. The molecule has 0 atom stereocenters. The summed E-state index contributed by atoms with van der Waals surface area (Å²) in [7, 11) is 0. The van der Waals surface area contributed by atoms with Crippen LogP contribution in [0.4, 0.5) is 0 Å². The number of benzene rings is 1. The fraction of sp³-hybridized carbons (Fsp3) is 0.0909. The molecule has 1 heterocycles. The predicted molar refractivity (Wildman–Crippen MR) is 60.0 cm³/mol. The van der Waals surface area contributed by atoms with Crippen molar-refractivity contribution in [2.24, 2.45) is 0 Å². The molecule has 3 nitrogen and oxygen atoms in total. The molecule has 1 aromatic carbocycles. The second-order valence-electron chi connectivity index (χ2n) is 3.23. The smallest absolute Gasteiger partial charge is 0.267 e. The minimum atomic E-state index is -0.228. The van der Waals surface area contributed by atoms with Crippen molar-refractivity contribution in [1.82, 2.24) is 10.2 Å². The van der Waals surface area contributed by atoms with E-state index in [1.165, 1.54) is 0 Å². The molecule has 1 aromatic heterocycles. The first-order valence-corrected chi connectivity index (χ1v) is 4.87. The fourth-order valence-corrected chi connectivity index (χ4v) is 1.62. The van der Waals surface area contributed by atoms with Crippen LogP contribution in [0.2, 0.25) is 5.02 Å². The van der Waals surface area contributed by atoms with Gasteiger partial charge in [0.05, 0.1) is 11.3 Å². The third-order valence-electron chi connectivity index (χ3n) is 2.10. The van der Waals surface area contributed by atoms with Gasteiger partial charge in [0.1, 0.15) is 0 Å². The topological polar surface area (TPSA) is 45.8 Å². The zero-order valence-corrected chi connectivity index (χ0v) is 8.88. The normalized spacial score (nSPS) is 10.3. The van der Waals surface area contributed by atoms with E-state index in [0.717, 1.165) is 11.3 Å². The molecule has 0 aliphatic carbocycles. The van der Waals surface area contributed by atoms with Gasteiger partial charge in [-0.15, -0.1) is 0 Å². The molecule has 0 amide bonds. The Morgan fingerprint density at radius 2 is 2.00 bits per heavy atom. The molecule has 0 unspecified atom stereocenters. The summed E-state index contributed by atoms with van der Waals surface area (Å²) >= 11 is 6.01. The van der Waals surface area contributed by atoms with Gasteiger partial charge in [-0.25, -0.2) is 5.10 Å². The van der Waals surface area contributed by atoms with Crippen LogP contribution >= 0.6 is 11.6 Å². The van der Waals surface area contributed by atoms with E-state index in [1.54, 1.807) is 12.1 Å². The Morgan fingerprint density at radius 3 is 2.73 bits per heavy atom. The zero-order chi connectivity index (χ0) is 10.8. The molecule has 76 valence electrons. The number of H-pyrrole nitrogens is 1. The van der Waals surface area contributed by atoms with Gasteiger partial charge in [0.25, 0.3) is 5.56 Å². The van der Waals surface area contributed by atoms with Crippen molar-refractivity contribution in [3.63, 3.8) is 0 Å². The van der Waals surface area contributed by atoms with Gasteiger partial charge in [0.2, 0.25) is 0 Å². The van der Waals surface area contributed by atoms with Crippen LogP contribution in [0, 0.1) is 6.92 Å². The molecule has 0 saturated carbocycles. The fourth-order valence-electron chi connectivity index (χ4n) is 1.39. The summed E-state index contributed by atoms with van der Waals surface area (Å²) in [6.45, 7) is 1.82. The Hall–Kier alpha value is -1.61. The lowest BCUT2D eigenvalue weighted by Crippen LogP contribution is -2.11. The van der Waals surface area contributed by atoms with Crippen molar-refractivity contribution in [3.8, 4) is 11.1 Å². The molecule has 0 saturated heterocycles. The summed E-state index contributed by atoms with van der Waals surface area (Å²) < 4.78 is 0. The Kier molecular flexibility index (Phi) is 2.56. The van der Waals surface area contributed by atoms with Gasteiger partial charge in [-0.05, 0) is 19.1 Å². The largest absolute Gasteiger partial charge is 0.272 e. The highest BCUT2D eigenvalue weighted by molar-refractivity contribution is 6.33. The molecular weight excluding hydrogens is 212 g/mol. The first-order valence-electron chi connectivity index (χ1n) is 4.50. The second kappa shape index (κ2) is 3.87. The van der Waals surface area contributed by atoms with E-state index >= 15 is 0 Å². The number of hydrogen-bond acceptors (Lipinski definition) is 2. The van der Waals surface area contributed by atoms with Crippen molar-refractivity contribution >= 4 is 11.6 Å². The minimum Gasteiger partial charge on any atom is -0.267 e. The molecule has 0 spiro atoms. The number of halogens is 1. The average Bonchev–Trinajstić information content (AvgIpc) is 2.23. The van der Waals surface area contributed by atoms with Crippen molar-refractivity contribution in [2.75, 3.05) is 0 Å². The van der Waals surface area contributed by atoms with Gasteiger partial charge in [0, 0.05) is 10.6 Å². The van der Waals surface area contributed by atoms with Crippen molar-refractivity contribution in [3.05, 3.63) is 51.4 Å². The molecule has 2 aromatic rings. The number of hydrogen-bond donors (Lipinski definition) is 1. The number of aromatic amines is 1. The summed E-state index contributed by atoms with van der Waals surface area (Å²) in [5.41, 5.74) is 1.80. The lowest BCUT2D eigenvalue weighted by molar-refractivity contribution is 0.949. The maximum atomic E-state index is 11.5. The van der Waals surface area contributed by atoms with Crippen LogP contribution in [0.5, 0.6) is 0 Å². The molecule has 0 bridgehead atoms. The highest BCUT2D eigenvalue weighted by Crippen LogP contribution is 2.24. The summed E-state index contributed by atoms with van der Waals surface area (Å²) in [5, 5.41) is 6.81. The Bertz CT molecular complexity index is 548. The molecule has 0 aliphatic rings. The molecular formula is C11H9ClN2O. The molecule has 1 N–H and O–H groups in total. The highest BCUT2D eigenvalue weighted by atomic mass is 35.5. The molecule has 0 fully saturated rings. The average molecular weight is 221 g/mol. The Morgan fingerprint density at radius 1 is 1.27 bits per heavy atom. The van der Waals surface area contributed by atoms with E-state index in [2.05, 4.69) is 10.2 Å². The van der Waals surface area contributed by atoms with Crippen molar-refractivity contribution < 1.29 is 0 Å². The van der Waals surface area contributed by atoms with Gasteiger partial charge in [0.15, 0.2) is 0 Å². The van der Waals surface area contributed by atoms with Gasteiger partial charge >= 0.3 is 0 Å². The third kappa shape index (κ3) is 1.92. The first-order chi connectivity index (χ1) is 7.18. The third-order valence-corrected chi connectivity index (χ3v) is 2.43. The van der Waals surface area contributed by atoms with Crippen molar-refractivity contribution in [2.45, 2.75) is 6.92 Å². The number of nitrogens with zero attached hydrogens (tertiary/aromatic N) is 1. The lowest BCUT2D eigenvalue weighted by atomic mass is 10.1. The van der Waals surface area contributed by atoms with E-state index in [0.29, 0.717) is 10.6 Å². The van der Waals surface area contributed by atoms with Crippen LogP contribution in [0.3, 0.4) is 0 Å². The maximum absolute atomic E-state index is 11.5. The number of aryl methyl sites for hydroxylation is 1. The lowest BCUT2D eigenvalue weighted by Gasteiger charge is -2.03. The molecule has 2 rings (SSSR count). The second-order valence-corrected chi connectivity index (χ2v) is 3.64. The van der Waals surface area contributed by atoms with E-state index in [1.807, 2.05) is 25.1 Å². The van der Waals surface area contributed by atoms with E-state index in [4.69, 9.17) is 11.6 Å². The quantitative estimate of drug-likeness (QED) is 0.802. The summed E-state index contributed by atoms with van der Waals surface area (Å²) in [5.74, 6) is 0. The van der Waals surface area contributed by atoms with E-state index in [9.17, 15) is 4.79 Å². The van der Waals surface area contributed by atoms with Gasteiger partial charge in [-0.3, -0.25) is 4.79 Å². The van der Waals surface area contributed by atoms with Crippen LogP contribution in [0.15, 0.2) is 35.1 Å². The Balaban J connectivity index is 2.69. The first kappa shape index (κ1) is 9.93. The van der Waals surface area contributed by atoms with Crippen LogP contribution < -0.4 is 5.56 Å². The van der Waals surface area contributed by atoms with Gasteiger partial charge < -0.3 is 0 Å².